The molecule has 0 aliphatic carbocycles. The van der Waals surface area contributed by atoms with Crippen LogP contribution in [-0.4, -0.2) is 23.7 Å². The molecule has 0 unspecified atom stereocenters. The number of hydrogen-bond donors (Lipinski definition) is 1. The molecule has 4 nitrogen and oxygen atoms in total. The van der Waals surface area contributed by atoms with Crippen LogP contribution < -0.4 is 0 Å². The summed E-state index contributed by atoms with van der Waals surface area (Å²) in [7, 11) is 0. The Morgan fingerprint density at radius 1 is 0.366 bits per heavy atom. The van der Waals surface area contributed by atoms with E-state index >= 15 is 0 Å². The molecule has 0 saturated heterocycles. The minimum atomic E-state index is -0.652. The Morgan fingerprint density at radius 3 is 0.756 bits per heavy atom. The third kappa shape index (κ3) is 38.9. The van der Waals surface area contributed by atoms with Crippen LogP contribution in [0.1, 0.15) is 218 Å². The van der Waals surface area contributed by atoms with E-state index in [2.05, 4.69) is 4.99 Å². The lowest BCUT2D eigenvalue weighted by molar-refractivity contribution is -0.137. The second kappa shape index (κ2) is 36.9. The predicted octanol–water partition coefficient (Wildman–Crippen LogP) is 12.7. The Hall–Kier alpha value is -1.15. The van der Waals surface area contributed by atoms with Crippen LogP contribution in [0.4, 0.5) is 0 Å². The fraction of sp³-hybridized carbons (Fsp3) is 0.946. The number of unbranched alkanes of at least 4 members (excludes halogenated alkanes) is 32. The van der Waals surface area contributed by atoms with E-state index in [-0.39, 0.29) is 0 Å². The van der Waals surface area contributed by atoms with Gasteiger partial charge in [-0.05, 0) is 12.8 Å². The van der Waals surface area contributed by atoms with Gasteiger partial charge in [0.05, 0.1) is 6.54 Å². The lowest BCUT2D eigenvalue weighted by Crippen LogP contribution is -1.93. The topological polar surface area (TPSA) is 66.7 Å². The minimum absolute atomic E-state index is 0.342. The molecular weight excluding hydrogens is 506 g/mol. The number of rotatable bonds is 36. The van der Waals surface area contributed by atoms with Crippen LogP contribution in [0.15, 0.2) is 4.99 Å². The van der Waals surface area contributed by atoms with Gasteiger partial charge >= 0.3 is 5.97 Å². The molecule has 242 valence electrons. The van der Waals surface area contributed by atoms with Gasteiger partial charge in [0.15, 0.2) is 0 Å². The molecule has 0 radical (unpaired) electrons. The van der Waals surface area contributed by atoms with Crippen molar-refractivity contribution in [1.29, 1.82) is 0 Å². The first-order valence-electron chi connectivity index (χ1n) is 18.5. The molecule has 0 aromatic heterocycles. The first kappa shape index (κ1) is 39.8. The van der Waals surface area contributed by atoms with Crippen molar-refractivity contribution >= 4 is 12.0 Å². The molecule has 0 saturated carbocycles. The number of aliphatic carboxylic acids is 1. The summed E-state index contributed by atoms with van der Waals surface area (Å²) in [4.78, 5) is 24.1. The molecule has 0 aliphatic heterocycles. The first-order valence-corrected chi connectivity index (χ1v) is 18.5. The molecule has 41 heavy (non-hydrogen) atoms. The van der Waals surface area contributed by atoms with Crippen molar-refractivity contribution in [3.63, 3.8) is 0 Å². The van der Waals surface area contributed by atoms with Gasteiger partial charge in [0.1, 0.15) is 0 Å². The number of carboxylic acid groups (broad SMARTS) is 1. The molecule has 0 atom stereocenters. The number of carbonyl (C=O) groups excluding carboxylic acids is 1. The van der Waals surface area contributed by atoms with Crippen LogP contribution in [0.3, 0.4) is 0 Å². The van der Waals surface area contributed by atoms with Crippen LogP contribution in [0.2, 0.25) is 0 Å². The zero-order valence-corrected chi connectivity index (χ0v) is 27.5. The van der Waals surface area contributed by atoms with E-state index in [0.717, 1.165) is 19.3 Å². The fourth-order valence-corrected chi connectivity index (χ4v) is 5.99. The first-order chi connectivity index (χ1) is 20.3. The van der Waals surface area contributed by atoms with Crippen LogP contribution >= 0.6 is 0 Å². The molecule has 0 amide bonds. The summed E-state index contributed by atoms with van der Waals surface area (Å²) in [6.45, 7) is 0.663. The van der Waals surface area contributed by atoms with Gasteiger partial charge in [0, 0.05) is 6.42 Å². The maximum atomic E-state index is 10.5. The van der Waals surface area contributed by atoms with Gasteiger partial charge < -0.3 is 5.11 Å². The number of aliphatic imine (C=N–C) groups is 1. The highest BCUT2D eigenvalue weighted by atomic mass is 16.4. The molecule has 0 aliphatic rings. The van der Waals surface area contributed by atoms with Crippen molar-refractivity contribution in [2.45, 2.75) is 218 Å². The minimum Gasteiger partial charge on any atom is -0.481 e. The Morgan fingerprint density at radius 2 is 0.561 bits per heavy atom. The van der Waals surface area contributed by atoms with Gasteiger partial charge in [-0.1, -0.05) is 199 Å². The fourth-order valence-electron chi connectivity index (χ4n) is 5.99. The molecular formula is C37H71NO3. The van der Waals surface area contributed by atoms with E-state index in [1.807, 2.05) is 0 Å². The van der Waals surface area contributed by atoms with Crippen LogP contribution in [0, 0.1) is 0 Å². The van der Waals surface area contributed by atoms with Crippen molar-refractivity contribution in [1.82, 2.24) is 0 Å². The molecule has 0 bridgehead atoms. The zero-order chi connectivity index (χ0) is 29.7. The summed E-state index contributed by atoms with van der Waals surface area (Å²) >= 11 is 0. The van der Waals surface area contributed by atoms with Crippen LogP contribution in [0.5, 0.6) is 0 Å². The normalized spacial score (nSPS) is 11.1. The second-order valence-electron chi connectivity index (χ2n) is 12.8. The molecule has 1 N–H and O–H groups in total. The van der Waals surface area contributed by atoms with Crippen molar-refractivity contribution < 1.29 is 14.7 Å². The van der Waals surface area contributed by atoms with Gasteiger partial charge in [0.2, 0.25) is 6.08 Å². The van der Waals surface area contributed by atoms with E-state index in [9.17, 15) is 9.59 Å². The largest absolute Gasteiger partial charge is 0.481 e. The van der Waals surface area contributed by atoms with E-state index in [4.69, 9.17) is 5.11 Å². The SMILES string of the molecule is O=C=NCCCCCCCCCCCCCCCCCCCCCCCCCCCCCCCCCCCC(=O)O. The van der Waals surface area contributed by atoms with Gasteiger partial charge in [-0.15, -0.1) is 0 Å². The van der Waals surface area contributed by atoms with Gasteiger partial charge in [-0.2, -0.15) is 0 Å². The summed E-state index contributed by atoms with van der Waals surface area (Å²) in [6.07, 6.45) is 47.0. The Kier molecular flexibility index (Phi) is 35.8. The van der Waals surface area contributed by atoms with Crippen molar-refractivity contribution in [2.75, 3.05) is 6.54 Å². The monoisotopic (exact) mass is 578 g/mol. The molecule has 0 aromatic carbocycles. The van der Waals surface area contributed by atoms with Gasteiger partial charge in [-0.3, -0.25) is 4.79 Å². The average molecular weight is 578 g/mol. The standard InChI is InChI=1S/C37H71NO3/c39-36-38-35-33-31-29-27-25-23-21-19-17-15-13-11-9-7-5-3-1-2-4-6-8-10-12-14-16-18-20-22-24-26-28-30-32-34-37(40)41/h1-35H2,(H,40,41). The van der Waals surface area contributed by atoms with E-state index in [0.29, 0.717) is 13.0 Å². The average Bonchev–Trinajstić information content (AvgIpc) is 2.97. The molecule has 0 spiro atoms. The molecule has 0 heterocycles. The quantitative estimate of drug-likeness (QED) is 0.0457. The van der Waals surface area contributed by atoms with Gasteiger partial charge in [0.25, 0.3) is 0 Å². The Labute approximate surface area is 256 Å². The molecule has 0 aromatic rings. The molecule has 4 heteroatoms. The summed E-state index contributed by atoms with van der Waals surface area (Å²) in [5.41, 5.74) is 0. The highest BCUT2D eigenvalue weighted by Gasteiger charge is 1.98. The number of isocyanates is 1. The van der Waals surface area contributed by atoms with E-state index in [1.165, 1.54) is 193 Å². The van der Waals surface area contributed by atoms with Crippen molar-refractivity contribution in [3.8, 4) is 0 Å². The number of carbonyl (C=O) groups is 1. The van der Waals surface area contributed by atoms with E-state index < -0.39 is 5.97 Å². The van der Waals surface area contributed by atoms with Crippen LogP contribution in [0.25, 0.3) is 0 Å². The lowest BCUT2D eigenvalue weighted by Gasteiger charge is -2.05. The lowest BCUT2D eigenvalue weighted by atomic mass is 10.0. The zero-order valence-electron chi connectivity index (χ0n) is 27.5. The number of hydrogen-bond acceptors (Lipinski definition) is 3. The molecule has 0 rings (SSSR count). The van der Waals surface area contributed by atoms with Crippen molar-refractivity contribution in [2.24, 2.45) is 4.99 Å². The second-order valence-corrected chi connectivity index (χ2v) is 12.8. The Bertz CT molecular complexity index is 524. The predicted molar refractivity (Wildman–Crippen MR) is 178 cm³/mol. The highest BCUT2D eigenvalue weighted by Crippen LogP contribution is 2.17. The summed E-state index contributed by atoms with van der Waals surface area (Å²) in [5, 5.41) is 8.63. The van der Waals surface area contributed by atoms with Gasteiger partial charge in [-0.25, -0.2) is 9.79 Å². The number of nitrogens with zero attached hydrogens (tertiary/aromatic N) is 1. The summed E-state index contributed by atoms with van der Waals surface area (Å²) in [6, 6.07) is 0. The van der Waals surface area contributed by atoms with Crippen molar-refractivity contribution in [3.05, 3.63) is 0 Å². The maximum absolute atomic E-state index is 10.5. The summed E-state index contributed by atoms with van der Waals surface area (Å²) < 4.78 is 0. The Balaban J connectivity index is 3.04. The smallest absolute Gasteiger partial charge is 0.303 e. The maximum Gasteiger partial charge on any atom is 0.303 e. The number of carboxylic acids is 1. The highest BCUT2D eigenvalue weighted by molar-refractivity contribution is 5.66. The molecule has 0 fully saturated rings. The van der Waals surface area contributed by atoms with Crippen LogP contribution in [-0.2, 0) is 9.59 Å². The third-order valence-corrected chi connectivity index (χ3v) is 8.73. The third-order valence-electron chi connectivity index (χ3n) is 8.73. The summed E-state index contributed by atoms with van der Waals surface area (Å²) in [5.74, 6) is -0.652. The van der Waals surface area contributed by atoms with E-state index in [1.54, 1.807) is 6.08 Å².